The summed E-state index contributed by atoms with van der Waals surface area (Å²) < 4.78 is 6.26. The second-order valence-electron chi connectivity index (χ2n) is 8.21. The zero-order valence-electron chi connectivity index (χ0n) is 20.0. The first-order valence-corrected chi connectivity index (χ1v) is 14.2. The number of halogens is 1. The van der Waals surface area contributed by atoms with Crippen molar-refractivity contribution in [3.63, 3.8) is 0 Å². The third kappa shape index (κ3) is 5.71. The van der Waals surface area contributed by atoms with Gasteiger partial charge in [0.1, 0.15) is 5.69 Å². The van der Waals surface area contributed by atoms with E-state index in [4.69, 9.17) is 0 Å². The van der Waals surface area contributed by atoms with Gasteiger partial charge in [-0.2, -0.15) is 0 Å². The summed E-state index contributed by atoms with van der Waals surface area (Å²) in [6, 6.07) is 23.4. The van der Waals surface area contributed by atoms with Crippen LogP contribution in [0.2, 0.25) is 0 Å². The zero-order chi connectivity index (χ0) is 25.9. The Morgan fingerprint density at radius 1 is 1.14 bits per heavy atom. The molecule has 0 saturated heterocycles. The minimum atomic E-state index is -0.261. The highest BCUT2D eigenvalue weighted by molar-refractivity contribution is 14.1. The lowest BCUT2D eigenvalue weighted by atomic mass is 10.2. The summed E-state index contributed by atoms with van der Waals surface area (Å²) in [5.74, 6) is -0.102. The van der Waals surface area contributed by atoms with Gasteiger partial charge in [0, 0.05) is 16.8 Å². The zero-order valence-corrected chi connectivity index (χ0v) is 23.8. The van der Waals surface area contributed by atoms with E-state index in [9.17, 15) is 9.59 Å². The van der Waals surface area contributed by atoms with E-state index in [0.717, 1.165) is 31.5 Å². The van der Waals surface area contributed by atoms with Gasteiger partial charge < -0.3 is 5.32 Å². The summed E-state index contributed by atoms with van der Waals surface area (Å²) in [5, 5.41) is 2.80. The standard InChI is InChI=1S/C27H22IN5O2S2/c1-17-25(26(35)33(32(17)2)21-6-4-3-5-7-21)31-24(34)16-36-27-30-22-13-12-20(14-23(22)37-27)29-15-18-8-10-19(28)11-9-18/h3-15H,16H2,1-2H3,(H,31,34). The van der Waals surface area contributed by atoms with Crippen LogP contribution in [0.1, 0.15) is 11.3 Å². The van der Waals surface area contributed by atoms with Crippen molar-refractivity contribution in [2.75, 3.05) is 11.1 Å². The molecule has 0 aliphatic heterocycles. The van der Waals surface area contributed by atoms with Crippen molar-refractivity contribution in [1.82, 2.24) is 14.3 Å². The Balaban J connectivity index is 1.26. The molecule has 0 saturated carbocycles. The van der Waals surface area contributed by atoms with Gasteiger partial charge in [0.2, 0.25) is 5.91 Å². The lowest BCUT2D eigenvalue weighted by Gasteiger charge is -2.07. The number of nitrogens with zero attached hydrogens (tertiary/aromatic N) is 4. The van der Waals surface area contributed by atoms with Crippen molar-refractivity contribution < 1.29 is 4.79 Å². The first kappa shape index (κ1) is 25.4. The lowest BCUT2D eigenvalue weighted by Crippen LogP contribution is -2.23. The van der Waals surface area contributed by atoms with Crippen LogP contribution in [0.4, 0.5) is 11.4 Å². The topological polar surface area (TPSA) is 81.3 Å². The van der Waals surface area contributed by atoms with E-state index in [1.54, 1.807) is 16.4 Å². The molecule has 0 aliphatic carbocycles. The van der Waals surface area contributed by atoms with Crippen molar-refractivity contribution >= 4 is 79.4 Å². The van der Waals surface area contributed by atoms with Crippen LogP contribution in [0.25, 0.3) is 15.9 Å². The van der Waals surface area contributed by atoms with Crippen LogP contribution in [-0.4, -0.2) is 32.2 Å². The molecule has 2 heterocycles. The summed E-state index contributed by atoms with van der Waals surface area (Å²) in [7, 11) is 1.80. The van der Waals surface area contributed by atoms with E-state index in [1.807, 2.05) is 85.9 Å². The molecule has 0 radical (unpaired) electrons. The second-order valence-corrected chi connectivity index (χ2v) is 11.7. The molecular weight excluding hydrogens is 617 g/mol. The Kier molecular flexibility index (Phi) is 7.58. The highest BCUT2D eigenvalue weighted by Gasteiger charge is 2.18. The molecule has 2 aromatic heterocycles. The van der Waals surface area contributed by atoms with Crippen LogP contribution >= 0.6 is 45.7 Å². The summed E-state index contributed by atoms with van der Waals surface area (Å²) in [5.41, 5.74) is 4.20. The highest BCUT2D eigenvalue weighted by atomic mass is 127. The smallest absolute Gasteiger partial charge is 0.295 e. The van der Waals surface area contributed by atoms with Crippen molar-refractivity contribution in [2.45, 2.75) is 11.3 Å². The van der Waals surface area contributed by atoms with Crippen LogP contribution in [-0.2, 0) is 11.8 Å². The molecule has 3 aromatic carbocycles. The van der Waals surface area contributed by atoms with Crippen LogP contribution < -0.4 is 10.9 Å². The minimum absolute atomic E-state index is 0.150. The third-order valence-corrected chi connectivity index (χ3v) is 8.61. The minimum Gasteiger partial charge on any atom is -0.319 e. The van der Waals surface area contributed by atoms with E-state index < -0.39 is 0 Å². The van der Waals surface area contributed by atoms with E-state index in [2.05, 4.69) is 37.9 Å². The number of aliphatic imine (C=N–C) groups is 1. The Morgan fingerprint density at radius 2 is 1.89 bits per heavy atom. The summed E-state index contributed by atoms with van der Waals surface area (Å²) >= 11 is 5.15. The van der Waals surface area contributed by atoms with E-state index in [-0.39, 0.29) is 22.9 Å². The molecule has 10 heteroatoms. The number of para-hydroxylation sites is 1. The maximum Gasteiger partial charge on any atom is 0.295 e. The van der Waals surface area contributed by atoms with Gasteiger partial charge in [-0.15, -0.1) is 11.3 Å². The first-order valence-electron chi connectivity index (χ1n) is 11.4. The average Bonchev–Trinajstić information content (AvgIpc) is 3.41. The van der Waals surface area contributed by atoms with Crippen LogP contribution in [0.15, 0.2) is 86.9 Å². The van der Waals surface area contributed by atoms with Gasteiger partial charge >= 0.3 is 0 Å². The molecule has 5 aromatic rings. The number of thiazole rings is 1. The Morgan fingerprint density at radius 3 is 2.65 bits per heavy atom. The van der Waals surface area contributed by atoms with Crippen LogP contribution in [0, 0.1) is 10.5 Å². The molecule has 1 N–H and O–H groups in total. The number of hydrogen-bond donors (Lipinski definition) is 1. The predicted octanol–water partition coefficient (Wildman–Crippen LogP) is 6.18. The monoisotopic (exact) mass is 639 g/mol. The van der Waals surface area contributed by atoms with Gasteiger partial charge in [-0.3, -0.25) is 19.3 Å². The van der Waals surface area contributed by atoms with Gasteiger partial charge in [-0.05, 0) is 77.5 Å². The second kappa shape index (κ2) is 11.0. The molecule has 0 spiro atoms. The molecule has 7 nitrogen and oxygen atoms in total. The molecule has 0 aliphatic rings. The molecule has 0 unspecified atom stereocenters. The van der Waals surface area contributed by atoms with Crippen LogP contribution in [0.3, 0.4) is 0 Å². The number of amides is 1. The fourth-order valence-corrected chi connectivity index (χ4v) is 6.01. The number of carbonyl (C=O) groups is 1. The maximum absolute atomic E-state index is 13.0. The van der Waals surface area contributed by atoms with E-state index in [0.29, 0.717) is 5.69 Å². The van der Waals surface area contributed by atoms with Crippen molar-refractivity contribution in [3.05, 3.63) is 98.0 Å². The number of aromatic nitrogens is 3. The SMILES string of the molecule is Cc1c(NC(=O)CSc2nc3ccc(N=Cc4ccc(I)cc4)cc3s2)c(=O)n(-c2ccccc2)n1C. The maximum atomic E-state index is 13.0. The summed E-state index contributed by atoms with van der Waals surface area (Å²) in [4.78, 5) is 35.0. The largest absolute Gasteiger partial charge is 0.319 e. The van der Waals surface area contributed by atoms with Gasteiger partial charge in [0.05, 0.1) is 33.0 Å². The quantitative estimate of drug-likeness (QED) is 0.131. The predicted molar refractivity (Wildman–Crippen MR) is 161 cm³/mol. The van der Waals surface area contributed by atoms with Crippen molar-refractivity contribution in [1.29, 1.82) is 0 Å². The number of nitrogens with one attached hydrogen (secondary N) is 1. The van der Waals surface area contributed by atoms with Gasteiger partial charge in [0.25, 0.3) is 5.56 Å². The van der Waals surface area contributed by atoms with Gasteiger partial charge in [0.15, 0.2) is 4.34 Å². The molecule has 186 valence electrons. The van der Waals surface area contributed by atoms with E-state index >= 15 is 0 Å². The van der Waals surface area contributed by atoms with Crippen LogP contribution in [0.5, 0.6) is 0 Å². The van der Waals surface area contributed by atoms with Crippen molar-refractivity contribution in [2.24, 2.45) is 12.0 Å². The molecule has 5 rings (SSSR count). The molecular formula is C27H22IN5O2S2. The van der Waals surface area contributed by atoms with Crippen molar-refractivity contribution in [3.8, 4) is 5.69 Å². The number of carbonyl (C=O) groups excluding carboxylic acids is 1. The Hall–Kier alpha value is -3.22. The fraction of sp³-hybridized carbons (Fsp3) is 0.111. The number of fused-ring (bicyclic) bond motifs is 1. The molecule has 1 amide bonds. The number of anilines is 1. The lowest BCUT2D eigenvalue weighted by molar-refractivity contribution is -0.113. The number of hydrogen-bond acceptors (Lipinski definition) is 6. The summed E-state index contributed by atoms with van der Waals surface area (Å²) in [6.07, 6.45) is 1.84. The average molecular weight is 640 g/mol. The highest BCUT2D eigenvalue weighted by Crippen LogP contribution is 2.32. The van der Waals surface area contributed by atoms with E-state index in [1.165, 1.54) is 26.7 Å². The fourth-order valence-electron chi connectivity index (χ4n) is 3.75. The third-order valence-electron chi connectivity index (χ3n) is 5.73. The molecule has 0 bridgehead atoms. The summed E-state index contributed by atoms with van der Waals surface area (Å²) in [6.45, 7) is 1.82. The number of rotatable bonds is 7. The molecule has 37 heavy (non-hydrogen) atoms. The first-order chi connectivity index (χ1) is 17.9. The molecule has 0 fully saturated rings. The number of benzene rings is 3. The Labute approximate surface area is 235 Å². The molecule has 0 atom stereocenters. The van der Waals surface area contributed by atoms with Gasteiger partial charge in [-0.25, -0.2) is 9.67 Å². The van der Waals surface area contributed by atoms with Gasteiger partial charge in [-0.1, -0.05) is 42.1 Å². The normalized spacial score (nSPS) is 11.4. The Bertz CT molecular complexity index is 1670. The number of thioether (sulfide) groups is 1.